The molecule has 3 aromatic carbocycles. The van der Waals surface area contributed by atoms with Crippen molar-refractivity contribution >= 4 is 40.2 Å². The number of piperazine rings is 1. The lowest BCUT2D eigenvalue weighted by Crippen LogP contribution is -2.57. The molecule has 4 heterocycles. The molecule has 2 fully saturated rings. The summed E-state index contributed by atoms with van der Waals surface area (Å²) in [5.74, 6) is 0.0741. The molecule has 10 nitrogen and oxygen atoms in total. The third-order valence-electron chi connectivity index (χ3n) is 10.3. The van der Waals surface area contributed by atoms with E-state index in [1.54, 1.807) is 59.7 Å². The molecule has 1 amide bonds. The number of fused-ring (bicyclic) bond motifs is 3. The van der Waals surface area contributed by atoms with Gasteiger partial charge in [-0.05, 0) is 93.6 Å². The van der Waals surface area contributed by atoms with Crippen LogP contribution in [0.15, 0.2) is 60.7 Å². The van der Waals surface area contributed by atoms with Crippen molar-refractivity contribution < 1.29 is 41.0 Å². The van der Waals surface area contributed by atoms with Crippen molar-refractivity contribution in [1.82, 2.24) is 19.9 Å². The molecule has 2 aromatic heterocycles. The van der Waals surface area contributed by atoms with E-state index >= 15 is 8.78 Å². The fraction of sp³-hybridized carbons (Fsp3) is 0.381. The van der Waals surface area contributed by atoms with Crippen LogP contribution in [0.4, 0.5) is 38.4 Å². The summed E-state index contributed by atoms with van der Waals surface area (Å²) in [7, 11) is 3.08. The lowest BCUT2D eigenvalue weighted by molar-refractivity contribution is -0.137. The fourth-order valence-electron chi connectivity index (χ4n) is 7.78. The van der Waals surface area contributed by atoms with Gasteiger partial charge in [-0.2, -0.15) is 27.5 Å². The van der Waals surface area contributed by atoms with Crippen LogP contribution in [0, 0.1) is 18.8 Å². The summed E-state index contributed by atoms with van der Waals surface area (Å²) in [6, 6.07) is 16.3. The van der Waals surface area contributed by atoms with Gasteiger partial charge in [-0.1, -0.05) is 35.9 Å². The molecule has 0 spiro atoms. The first-order valence-electron chi connectivity index (χ1n) is 18.7. The molecule has 0 saturated carbocycles. The van der Waals surface area contributed by atoms with E-state index < -0.39 is 57.1 Å². The maximum Gasteiger partial charge on any atom is 0.418 e. The van der Waals surface area contributed by atoms with Crippen LogP contribution >= 0.6 is 11.6 Å². The number of halogens is 6. The number of hydrogen-bond acceptors (Lipinski definition) is 9. The second-order valence-corrected chi connectivity index (χ2v) is 15.9. The maximum absolute atomic E-state index is 17.0. The van der Waals surface area contributed by atoms with Gasteiger partial charge in [-0.25, -0.2) is 14.2 Å². The van der Waals surface area contributed by atoms with Crippen LogP contribution in [0.5, 0.6) is 11.5 Å². The highest BCUT2D eigenvalue weighted by Crippen LogP contribution is 2.46. The molecule has 2 bridgehead atoms. The van der Waals surface area contributed by atoms with Gasteiger partial charge in [-0.3, -0.25) is 4.90 Å². The standard InChI is InChI=1S/C42H42ClF5N6O4/c1-23-17-32(52(19-24-7-13-28(56-5)14-8-24)20-25-9-15-29(57-6)16-10-25)49-37(34(23)42(46,47)48)33-31(43)18-30-36(35(33)44)50-39(45)51-38(30)53-21-26-11-12-27(22-53)54(26)40(55)58-41(2,3)4/h7-10,13-18,26-27H,11-12,19-22H2,1-6H3/t26-,27+. The van der Waals surface area contributed by atoms with E-state index in [9.17, 15) is 18.0 Å². The number of benzene rings is 3. The Morgan fingerprint density at radius 2 is 1.41 bits per heavy atom. The minimum absolute atomic E-state index is 0.000147. The molecule has 306 valence electrons. The van der Waals surface area contributed by atoms with E-state index in [-0.39, 0.29) is 60.8 Å². The molecule has 2 aliphatic rings. The monoisotopic (exact) mass is 824 g/mol. The van der Waals surface area contributed by atoms with Crippen LogP contribution in [-0.4, -0.2) is 70.9 Å². The molecular weight excluding hydrogens is 783 g/mol. The first-order valence-corrected chi connectivity index (χ1v) is 19.0. The number of methoxy groups -OCH3 is 2. The summed E-state index contributed by atoms with van der Waals surface area (Å²) in [6.07, 6.45) is -5.42. The second kappa shape index (κ2) is 15.7. The average molecular weight is 825 g/mol. The molecular formula is C42H42ClF5N6O4. The molecule has 0 aliphatic carbocycles. The quantitative estimate of drug-likeness (QED) is 0.106. The Morgan fingerprint density at radius 1 is 0.862 bits per heavy atom. The van der Waals surface area contributed by atoms with Gasteiger partial charge in [-0.15, -0.1) is 0 Å². The minimum Gasteiger partial charge on any atom is -0.497 e. The van der Waals surface area contributed by atoms with Crippen LogP contribution < -0.4 is 19.3 Å². The highest BCUT2D eigenvalue weighted by atomic mass is 35.5. The largest absolute Gasteiger partial charge is 0.497 e. The van der Waals surface area contributed by atoms with Gasteiger partial charge >= 0.3 is 18.3 Å². The zero-order valence-electron chi connectivity index (χ0n) is 32.8. The molecule has 2 atom stereocenters. The lowest BCUT2D eigenvalue weighted by Gasteiger charge is -2.42. The van der Waals surface area contributed by atoms with Crippen LogP contribution in [0.2, 0.25) is 5.02 Å². The average Bonchev–Trinajstić information content (AvgIpc) is 3.43. The number of anilines is 2. The zero-order valence-corrected chi connectivity index (χ0v) is 33.5. The number of amides is 1. The van der Waals surface area contributed by atoms with E-state index in [0.717, 1.165) is 11.1 Å². The number of aryl methyl sites for hydroxylation is 1. The van der Waals surface area contributed by atoms with E-state index in [0.29, 0.717) is 24.3 Å². The van der Waals surface area contributed by atoms with E-state index in [1.165, 1.54) is 33.3 Å². The highest BCUT2D eigenvalue weighted by Gasteiger charge is 2.45. The molecule has 7 rings (SSSR count). The van der Waals surface area contributed by atoms with Gasteiger partial charge in [0.1, 0.15) is 34.3 Å². The number of alkyl halides is 3. The van der Waals surface area contributed by atoms with Crippen molar-refractivity contribution in [3.05, 3.63) is 99.8 Å². The van der Waals surface area contributed by atoms with Crippen molar-refractivity contribution in [3.63, 3.8) is 0 Å². The summed E-state index contributed by atoms with van der Waals surface area (Å²) in [4.78, 5) is 30.5. The summed E-state index contributed by atoms with van der Waals surface area (Å²) >= 11 is 6.79. The number of pyridine rings is 1. The van der Waals surface area contributed by atoms with Gasteiger partial charge in [0.05, 0.1) is 48.1 Å². The Balaban J connectivity index is 1.32. The smallest absolute Gasteiger partial charge is 0.418 e. The van der Waals surface area contributed by atoms with E-state index in [2.05, 4.69) is 15.0 Å². The number of carbonyl (C=O) groups is 1. The Labute approximate surface area is 337 Å². The van der Waals surface area contributed by atoms with Gasteiger partial charge < -0.3 is 24.0 Å². The maximum atomic E-state index is 17.0. The molecule has 5 aromatic rings. The summed E-state index contributed by atoms with van der Waals surface area (Å²) < 4.78 is 93.6. The van der Waals surface area contributed by atoms with Gasteiger partial charge in [0.15, 0.2) is 5.82 Å². The summed E-state index contributed by atoms with van der Waals surface area (Å²) in [5, 5.41) is -0.400. The Morgan fingerprint density at radius 3 is 1.91 bits per heavy atom. The Kier molecular flexibility index (Phi) is 11.0. The van der Waals surface area contributed by atoms with Crippen molar-refractivity contribution in [2.24, 2.45) is 0 Å². The molecule has 16 heteroatoms. The van der Waals surface area contributed by atoms with Crippen LogP contribution in [0.3, 0.4) is 0 Å². The highest BCUT2D eigenvalue weighted by molar-refractivity contribution is 6.34. The number of nitrogens with zero attached hydrogens (tertiary/aromatic N) is 6. The number of carbonyl (C=O) groups excluding carboxylic acids is 1. The number of rotatable bonds is 9. The van der Waals surface area contributed by atoms with Gasteiger partial charge in [0, 0.05) is 31.6 Å². The van der Waals surface area contributed by atoms with Crippen LogP contribution in [-0.2, 0) is 24.0 Å². The van der Waals surface area contributed by atoms with Crippen molar-refractivity contribution in [3.8, 4) is 22.8 Å². The lowest BCUT2D eigenvalue weighted by atomic mass is 9.98. The molecule has 0 unspecified atom stereocenters. The number of hydrogen-bond donors (Lipinski definition) is 0. The van der Waals surface area contributed by atoms with Gasteiger partial charge in [0.2, 0.25) is 0 Å². The third-order valence-corrected chi connectivity index (χ3v) is 10.6. The SMILES string of the molecule is COc1ccc(CN(Cc2ccc(OC)cc2)c2cc(C)c(C(F)(F)F)c(-c3c(Cl)cc4c(N5C[C@H]6CC[C@@H](C5)N6C(=O)OC(C)(C)C)nc(F)nc4c3F)n2)cc1. The predicted molar refractivity (Wildman–Crippen MR) is 210 cm³/mol. The molecule has 0 N–H and O–H groups in total. The number of ether oxygens (including phenoxy) is 3. The van der Waals surface area contributed by atoms with E-state index in [4.69, 9.17) is 25.8 Å². The third kappa shape index (κ3) is 8.27. The predicted octanol–water partition coefficient (Wildman–Crippen LogP) is 9.76. The molecule has 58 heavy (non-hydrogen) atoms. The molecule has 0 radical (unpaired) electrons. The van der Waals surface area contributed by atoms with Crippen LogP contribution in [0.25, 0.3) is 22.2 Å². The second-order valence-electron chi connectivity index (χ2n) is 15.5. The topological polar surface area (TPSA) is 93.2 Å². The first-order chi connectivity index (χ1) is 27.4. The van der Waals surface area contributed by atoms with Crippen molar-refractivity contribution in [2.75, 3.05) is 37.1 Å². The Hall–Kier alpha value is -5.44. The number of aromatic nitrogens is 3. The minimum atomic E-state index is -4.98. The van der Waals surface area contributed by atoms with Crippen LogP contribution in [0.1, 0.15) is 55.9 Å². The molecule has 2 aliphatic heterocycles. The Bertz CT molecular complexity index is 2280. The molecule has 2 saturated heterocycles. The van der Waals surface area contributed by atoms with Crippen molar-refractivity contribution in [1.29, 1.82) is 0 Å². The fourth-order valence-corrected chi connectivity index (χ4v) is 8.06. The summed E-state index contributed by atoms with van der Waals surface area (Å²) in [6.45, 7) is 7.45. The normalized spacial score (nSPS) is 16.8. The summed E-state index contributed by atoms with van der Waals surface area (Å²) in [5.41, 5.74) is -2.56. The van der Waals surface area contributed by atoms with Crippen molar-refractivity contribution in [2.45, 2.75) is 77.5 Å². The van der Waals surface area contributed by atoms with Gasteiger partial charge in [0.25, 0.3) is 0 Å². The van der Waals surface area contributed by atoms with E-state index in [1.807, 2.05) is 24.3 Å². The zero-order chi connectivity index (χ0) is 41.7. The first kappa shape index (κ1) is 40.7.